The number of rotatable bonds is 10. The lowest BCUT2D eigenvalue weighted by Crippen LogP contribution is -2.18. The summed E-state index contributed by atoms with van der Waals surface area (Å²) in [6.45, 7) is 7.16. The van der Waals surface area contributed by atoms with Crippen molar-refractivity contribution in [2.45, 2.75) is 40.7 Å². The van der Waals surface area contributed by atoms with Crippen molar-refractivity contribution >= 4 is 45.4 Å². The van der Waals surface area contributed by atoms with E-state index in [1.807, 2.05) is 0 Å². The fraction of sp³-hybridized carbons (Fsp3) is 0.500. The van der Waals surface area contributed by atoms with E-state index in [0.717, 1.165) is 11.3 Å². The minimum atomic E-state index is -0.620. The van der Waals surface area contributed by atoms with E-state index >= 15 is 0 Å². The SMILES string of the molecule is CCOC(=O)Cc1c(C(=O)OCC)sc2c1cc(C(=O)OCC)n2CC(=O)OCC. The van der Waals surface area contributed by atoms with Crippen LogP contribution in [0.15, 0.2) is 6.07 Å². The molecule has 0 radical (unpaired) electrons. The van der Waals surface area contributed by atoms with Gasteiger partial charge < -0.3 is 23.5 Å². The first-order valence-electron chi connectivity index (χ1n) is 9.68. The van der Waals surface area contributed by atoms with Crippen molar-refractivity contribution in [3.8, 4) is 0 Å². The fourth-order valence-electron chi connectivity index (χ4n) is 2.90. The van der Waals surface area contributed by atoms with Gasteiger partial charge in [0.05, 0.1) is 32.8 Å². The highest BCUT2D eigenvalue weighted by Gasteiger charge is 2.28. The van der Waals surface area contributed by atoms with Gasteiger partial charge in [0.1, 0.15) is 21.9 Å². The number of carbonyl (C=O) groups excluding carboxylic acids is 4. The summed E-state index contributed by atoms with van der Waals surface area (Å²) >= 11 is 1.04. The molecular formula is C20H25NO8S. The van der Waals surface area contributed by atoms with Gasteiger partial charge in [0.15, 0.2) is 0 Å². The molecule has 0 aliphatic heterocycles. The quantitative estimate of drug-likeness (QED) is 0.411. The zero-order chi connectivity index (χ0) is 22.3. The zero-order valence-electron chi connectivity index (χ0n) is 17.4. The van der Waals surface area contributed by atoms with Crippen LogP contribution in [-0.4, -0.2) is 54.9 Å². The van der Waals surface area contributed by atoms with Crippen LogP contribution in [0, 0.1) is 0 Å². The maximum absolute atomic E-state index is 12.5. The van der Waals surface area contributed by atoms with E-state index < -0.39 is 23.9 Å². The van der Waals surface area contributed by atoms with Gasteiger partial charge in [-0.2, -0.15) is 0 Å². The number of thiophene rings is 1. The third kappa shape index (κ3) is 5.18. The van der Waals surface area contributed by atoms with Crippen LogP contribution in [0.1, 0.15) is 53.4 Å². The maximum Gasteiger partial charge on any atom is 0.355 e. The minimum absolute atomic E-state index is 0.131. The van der Waals surface area contributed by atoms with Crippen molar-refractivity contribution in [1.29, 1.82) is 0 Å². The summed E-state index contributed by atoms with van der Waals surface area (Å²) in [5, 5.41) is 0.489. The molecule has 2 rings (SSSR count). The molecule has 0 bridgehead atoms. The summed E-state index contributed by atoms with van der Waals surface area (Å²) in [6, 6.07) is 1.51. The van der Waals surface area contributed by atoms with E-state index in [1.54, 1.807) is 27.7 Å². The molecule has 30 heavy (non-hydrogen) atoms. The van der Waals surface area contributed by atoms with E-state index in [4.69, 9.17) is 18.9 Å². The molecule has 0 saturated heterocycles. The highest BCUT2D eigenvalue weighted by Crippen LogP contribution is 2.36. The van der Waals surface area contributed by atoms with Gasteiger partial charge in [-0.25, -0.2) is 9.59 Å². The predicted molar refractivity (Wildman–Crippen MR) is 109 cm³/mol. The summed E-state index contributed by atoms with van der Waals surface area (Å²) in [7, 11) is 0. The van der Waals surface area contributed by atoms with E-state index in [0.29, 0.717) is 15.8 Å². The van der Waals surface area contributed by atoms with Gasteiger partial charge in [-0.15, -0.1) is 11.3 Å². The van der Waals surface area contributed by atoms with Crippen LogP contribution in [-0.2, 0) is 41.5 Å². The molecule has 0 N–H and O–H groups in total. The molecule has 9 nitrogen and oxygen atoms in total. The van der Waals surface area contributed by atoms with Crippen molar-refractivity contribution in [1.82, 2.24) is 4.57 Å². The fourth-order valence-corrected chi connectivity index (χ4v) is 4.10. The van der Waals surface area contributed by atoms with Crippen LogP contribution in [0.5, 0.6) is 0 Å². The molecular weight excluding hydrogens is 414 g/mol. The molecule has 0 spiro atoms. The molecule has 164 valence electrons. The molecule has 0 saturated carbocycles. The molecule has 0 aromatic carbocycles. The van der Waals surface area contributed by atoms with E-state index in [9.17, 15) is 19.2 Å². The smallest absolute Gasteiger partial charge is 0.355 e. The molecule has 2 aromatic heterocycles. The highest BCUT2D eigenvalue weighted by molar-refractivity contribution is 7.20. The van der Waals surface area contributed by atoms with E-state index in [1.165, 1.54) is 10.6 Å². The first kappa shape index (κ1) is 23.4. The molecule has 0 fully saturated rings. The van der Waals surface area contributed by atoms with Crippen LogP contribution in [0.25, 0.3) is 10.2 Å². The Morgan fingerprint density at radius 2 is 1.40 bits per heavy atom. The molecule has 0 atom stereocenters. The third-order valence-electron chi connectivity index (χ3n) is 4.01. The first-order valence-corrected chi connectivity index (χ1v) is 10.5. The molecule has 0 amide bonds. The predicted octanol–water partition coefficient (Wildman–Crippen LogP) is 2.72. The van der Waals surface area contributed by atoms with Crippen molar-refractivity contribution in [3.63, 3.8) is 0 Å². The number of hydrogen-bond donors (Lipinski definition) is 0. The van der Waals surface area contributed by atoms with Crippen molar-refractivity contribution in [3.05, 3.63) is 22.2 Å². The molecule has 2 aromatic rings. The van der Waals surface area contributed by atoms with Crippen LogP contribution in [0.3, 0.4) is 0 Å². The Kier molecular flexibility index (Phi) is 8.40. The second kappa shape index (κ2) is 10.8. The second-order valence-corrected chi connectivity index (χ2v) is 6.97. The van der Waals surface area contributed by atoms with E-state index in [2.05, 4.69) is 0 Å². The van der Waals surface area contributed by atoms with Crippen molar-refractivity contribution in [2.24, 2.45) is 0 Å². The number of carbonyl (C=O) groups is 4. The molecule has 0 aliphatic rings. The number of ether oxygens (including phenoxy) is 4. The lowest BCUT2D eigenvalue weighted by atomic mass is 10.1. The Morgan fingerprint density at radius 3 is 2.00 bits per heavy atom. The van der Waals surface area contributed by atoms with Crippen molar-refractivity contribution in [2.75, 3.05) is 26.4 Å². The molecule has 0 unspecified atom stereocenters. The summed E-state index contributed by atoms with van der Waals surface area (Å²) < 4.78 is 21.7. The molecule has 2 heterocycles. The number of fused-ring (bicyclic) bond motifs is 1. The Labute approximate surface area is 177 Å². The van der Waals surface area contributed by atoms with Gasteiger partial charge in [-0.3, -0.25) is 9.59 Å². The largest absolute Gasteiger partial charge is 0.466 e. The van der Waals surface area contributed by atoms with Crippen molar-refractivity contribution < 1.29 is 38.1 Å². The first-order chi connectivity index (χ1) is 14.4. The molecule has 10 heteroatoms. The number of esters is 4. The molecule has 0 aliphatic carbocycles. The van der Waals surface area contributed by atoms with Gasteiger partial charge in [0.25, 0.3) is 0 Å². The van der Waals surface area contributed by atoms with Crippen LogP contribution in [0.2, 0.25) is 0 Å². The van der Waals surface area contributed by atoms with Gasteiger partial charge in [-0.05, 0) is 39.3 Å². The number of aromatic nitrogens is 1. The van der Waals surface area contributed by atoms with Gasteiger partial charge in [0, 0.05) is 5.39 Å². The lowest BCUT2D eigenvalue weighted by molar-refractivity contribution is -0.144. The zero-order valence-corrected chi connectivity index (χ0v) is 18.3. The average Bonchev–Trinajstić information content (AvgIpc) is 3.20. The number of nitrogens with zero attached hydrogens (tertiary/aromatic N) is 1. The Morgan fingerprint density at radius 1 is 0.833 bits per heavy atom. The van der Waals surface area contributed by atoms with Gasteiger partial charge in [-0.1, -0.05) is 0 Å². The Hall–Kier alpha value is -2.88. The topological polar surface area (TPSA) is 110 Å². The normalized spacial score (nSPS) is 10.7. The van der Waals surface area contributed by atoms with Gasteiger partial charge >= 0.3 is 23.9 Å². The second-order valence-electron chi connectivity index (χ2n) is 5.97. The summed E-state index contributed by atoms with van der Waals surface area (Å²) in [6.07, 6.45) is -0.173. The van der Waals surface area contributed by atoms with Crippen LogP contribution >= 0.6 is 11.3 Å². The van der Waals surface area contributed by atoms with Gasteiger partial charge in [0.2, 0.25) is 0 Å². The Bertz CT molecular complexity index is 866. The monoisotopic (exact) mass is 439 g/mol. The average molecular weight is 439 g/mol. The third-order valence-corrected chi connectivity index (χ3v) is 5.26. The van der Waals surface area contributed by atoms with E-state index in [-0.39, 0.29) is 50.0 Å². The standard InChI is InChI=1S/C20H25NO8S/c1-5-26-15(22)10-12-13-9-14(19(24)28-7-3)21(11-16(23)27-6-2)18(13)30-17(12)20(25)29-8-4/h9H,5-8,10-11H2,1-4H3. The highest BCUT2D eigenvalue weighted by atomic mass is 32.1. The number of hydrogen-bond acceptors (Lipinski definition) is 9. The summed E-state index contributed by atoms with van der Waals surface area (Å²) in [5.74, 6) is -2.26. The lowest BCUT2D eigenvalue weighted by Gasteiger charge is -2.09. The Balaban J connectivity index is 2.66. The van der Waals surface area contributed by atoms with Crippen LogP contribution < -0.4 is 0 Å². The summed E-state index contributed by atoms with van der Waals surface area (Å²) in [5.41, 5.74) is 0.520. The summed E-state index contributed by atoms with van der Waals surface area (Å²) in [4.78, 5) is 49.9. The minimum Gasteiger partial charge on any atom is -0.466 e. The maximum atomic E-state index is 12.5. The van der Waals surface area contributed by atoms with Crippen LogP contribution in [0.4, 0.5) is 0 Å².